The van der Waals surface area contributed by atoms with E-state index in [1.54, 1.807) is 0 Å². The molecule has 1 fully saturated rings. The van der Waals surface area contributed by atoms with Gasteiger partial charge in [0, 0.05) is 12.6 Å². The van der Waals surface area contributed by atoms with Gasteiger partial charge in [0.2, 0.25) is 10.0 Å². The van der Waals surface area contributed by atoms with Crippen LogP contribution in [0, 0.1) is 10.1 Å². The van der Waals surface area contributed by atoms with Crippen LogP contribution in [0.2, 0.25) is 0 Å². The molecule has 1 atom stereocenters. The largest absolute Gasteiger partial charge is 0.490 e. The van der Waals surface area contributed by atoms with Gasteiger partial charge < -0.3 is 4.74 Å². The van der Waals surface area contributed by atoms with Gasteiger partial charge in [0.05, 0.1) is 23.0 Å². The van der Waals surface area contributed by atoms with Crippen molar-refractivity contribution in [1.29, 1.82) is 0 Å². The lowest BCUT2D eigenvalue weighted by molar-refractivity contribution is -0.386. The molecule has 0 bridgehead atoms. The van der Waals surface area contributed by atoms with Crippen molar-refractivity contribution in [2.24, 2.45) is 0 Å². The summed E-state index contributed by atoms with van der Waals surface area (Å²) in [5.74, 6) is 0.0298. The van der Waals surface area contributed by atoms with Gasteiger partial charge in [0.15, 0.2) is 5.75 Å². The summed E-state index contributed by atoms with van der Waals surface area (Å²) < 4.78 is 32.0. The SMILES string of the molecule is COc1ccc(S(=O)(=O)N2CC[C@@H]2c2ccccc2)cc1[N+](=O)[O-]. The van der Waals surface area contributed by atoms with Crippen molar-refractivity contribution >= 4 is 15.7 Å². The summed E-state index contributed by atoms with van der Waals surface area (Å²) in [7, 11) is -2.50. The zero-order valence-corrected chi connectivity index (χ0v) is 13.8. The molecule has 8 heteroatoms. The molecule has 1 aliphatic heterocycles. The van der Waals surface area contributed by atoms with E-state index in [2.05, 4.69) is 0 Å². The number of sulfonamides is 1. The van der Waals surface area contributed by atoms with E-state index in [9.17, 15) is 18.5 Å². The summed E-state index contributed by atoms with van der Waals surface area (Å²) in [6.45, 7) is 0.391. The number of nitro groups is 1. The fourth-order valence-electron chi connectivity index (χ4n) is 2.77. The molecule has 1 aliphatic rings. The first-order valence-electron chi connectivity index (χ1n) is 7.34. The molecule has 0 radical (unpaired) electrons. The number of hydrogen-bond donors (Lipinski definition) is 0. The van der Waals surface area contributed by atoms with Gasteiger partial charge >= 0.3 is 5.69 Å². The number of methoxy groups -OCH3 is 1. The summed E-state index contributed by atoms with van der Waals surface area (Å²) >= 11 is 0. The first-order chi connectivity index (χ1) is 11.4. The Morgan fingerprint density at radius 1 is 1.21 bits per heavy atom. The lowest BCUT2D eigenvalue weighted by Crippen LogP contribution is -2.44. The highest BCUT2D eigenvalue weighted by molar-refractivity contribution is 7.89. The van der Waals surface area contributed by atoms with Gasteiger partial charge in [-0.3, -0.25) is 10.1 Å². The third-order valence-electron chi connectivity index (χ3n) is 4.11. The highest BCUT2D eigenvalue weighted by atomic mass is 32.2. The van der Waals surface area contributed by atoms with Crippen molar-refractivity contribution < 1.29 is 18.1 Å². The molecule has 0 aliphatic carbocycles. The van der Waals surface area contributed by atoms with Crippen LogP contribution in [0.25, 0.3) is 0 Å². The summed E-state index contributed by atoms with van der Waals surface area (Å²) in [4.78, 5) is 10.4. The minimum absolute atomic E-state index is 0.0298. The van der Waals surface area contributed by atoms with Crippen molar-refractivity contribution in [3.8, 4) is 5.75 Å². The lowest BCUT2D eigenvalue weighted by atomic mass is 9.98. The topological polar surface area (TPSA) is 89.8 Å². The molecule has 126 valence electrons. The summed E-state index contributed by atoms with van der Waals surface area (Å²) in [6.07, 6.45) is 0.724. The van der Waals surface area contributed by atoms with Gasteiger partial charge in [-0.05, 0) is 24.1 Å². The maximum Gasteiger partial charge on any atom is 0.312 e. The second kappa shape index (κ2) is 6.21. The van der Waals surface area contributed by atoms with Crippen molar-refractivity contribution in [1.82, 2.24) is 4.31 Å². The molecule has 0 spiro atoms. The molecular weight excluding hydrogens is 332 g/mol. The molecule has 0 N–H and O–H groups in total. The fraction of sp³-hybridized carbons (Fsp3) is 0.250. The van der Waals surface area contributed by atoms with Crippen LogP contribution in [-0.4, -0.2) is 31.3 Å². The van der Waals surface area contributed by atoms with Gasteiger partial charge in [-0.2, -0.15) is 4.31 Å². The van der Waals surface area contributed by atoms with Crippen LogP contribution < -0.4 is 4.74 Å². The Hall–Kier alpha value is -2.45. The van der Waals surface area contributed by atoms with Gasteiger partial charge in [-0.15, -0.1) is 0 Å². The Morgan fingerprint density at radius 3 is 2.46 bits per heavy atom. The highest BCUT2D eigenvalue weighted by Gasteiger charge is 2.40. The molecule has 2 aromatic rings. The average molecular weight is 348 g/mol. The second-order valence-corrected chi connectivity index (χ2v) is 7.31. The lowest BCUT2D eigenvalue weighted by Gasteiger charge is -2.39. The fourth-order valence-corrected chi connectivity index (χ4v) is 4.45. The van der Waals surface area contributed by atoms with Gasteiger partial charge in [0.1, 0.15) is 0 Å². The maximum absolute atomic E-state index is 12.8. The second-order valence-electron chi connectivity index (χ2n) is 5.42. The molecular formula is C16H16N2O5S. The van der Waals surface area contributed by atoms with E-state index < -0.39 is 14.9 Å². The molecule has 1 saturated heterocycles. The molecule has 0 unspecified atom stereocenters. The van der Waals surface area contributed by atoms with E-state index in [1.165, 1.54) is 23.5 Å². The number of hydrogen-bond acceptors (Lipinski definition) is 5. The van der Waals surface area contributed by atoms with Gasteiger partial charge in [0.25, 0.3) is 0 Å². The normalized spacial score (nSPS) is 18.0. The van der Waals surface area contributed by atoms with E-state index in [0.29, 0.717) is 6.54 Å². The average Bonchev–Trinajstić information content (AvgIpc) is 2.53. The molecule has 7 nitrogen and oxygen atoms in total. The van der Waals surface area contributed by atoms with Crippen LogP contribution in [0.5, 0.6) is 5.75 Å². The van der Waals surface area contributed by atoms with Crippen LogP contribution in [0.15, 0.2) is 53.4 Å². The van der Waals surface area contributed by atoms with Crippen LogP contribution in [0.1, 0.15) is 18.0 Å². The number of nitrogens with zero attached hydrogens (tertiary/aromatic N) is 2. The Morgan fingerprint density at radius 2 is 1.92 bits per heavy atom. The zero-order chi connectivity index (χ0) is 17.3. The van der Waals surface area contributed by atoms with Crippen molar-refractivity contribution in [2.75, 3.05) is 13.7 Å². The number of ether oxygens (including phenoxy) is 1. The summed E-state index contributed by atoms with van der Waals surface area (Å²) in [5, 5.41) is 11.1. The van der Waals surface area contributed by atoms with Crippen LogP contribution in [0.3, 0.4) is 0 Å². The Bertz CT molecular complexity index is 867. The van der Waals surface area contributed by atoms with Gasteiger partial charge in [-0.25, -0.2) is 8.42 Å². The Kier molecular flexibility index (Phi) is 4.25. The van der Waals surface area contributed by atoms with Crippen molar-refractivity contribution in [3.63, 3.8) is 0 Å². The first kappa shape index (κ1) is 16.4. The van der Waals surface area contributed by atoms with E-state index in [0.717, 1.165) is 18.1 Å². The highest BCUT2D eigenvalue weighted by Crippen LogP contribution is 2.39. The van der Waals surface area contributed by atoms with Crippen LogP contribution >= 0.6 is 0 Å². The monoisotopic (exact) mass is 348 g/mol. The molecule has 3 rings (SSSR count). The van der Waals surface area contributed by atoms with E-state index in [1.807, 2.05) is 30.3 Å². The first-order valence-corrected chi connectivity index (χ1v) is 8.78. The molecule has 0 saturated carbocycles. The molecule has 0 amide bonds. The predicted molar refractivity (Wildman–Crippen MR) is 87.3 cm³/mol. The van der Waals surface area contributed by atoms with Crippen molar-refractivity contribution in [3.05, 3.63) is 64.2 Å². The third-order valence-corrected chi connectivity index (χ3v) is 6.01. The van der Waals surface area contributed by atoms with Crippen LogP contribution in [0.4, 0.5) is 5.69 Å². The number of rotatable bonds is 5. The standard InChI is InChI=1S/C16H16N2O5S/c1-23-16-8-7-13(11-15(16)18(19)20)24(21,22)17-10-9-14(17)12-5-3-2-4-6-12/h2-8,11,14H,9-10H2,1H3/t14-/m1/s1. The minimum atomic E-state index is -3.81. The summed E-state index contributed by atoms with van der Waals surface area (Å²) in [5.41, 5.74) is 0.547. The summed E-state index contributed by atoms with van der Waals surface area (Å²) in [6, 6.07) is 12.8. The number of nitro benzene ring substituents is 1. The third kappa shape index (κ3) is 2.74. The molecule has 0 aromatic heterocycles. The van der Waals surface area contributed by atoms with E-state index >= 15 is 0 Å². The quantitative estimate of drug-likeness (QED) is 0.612. The predicted octanol–water partition coefficient (Wildman–Crippen LogP) is 2.74. The van der Waals surface area contributed by atoms with Gasteiger partial charge in [-0.1, -0.05) is 30.3 Å². The smallest absolute Gasteiger partial charge is 0.312 e. The maximum atomic E-state index is 12.8. The van der Waals surface area contributed by atoms with E-state index in [4.69, 9.17) is 4.74 Å². The Balaban J connectivity index is 1.97. The Labute approximate surface area is 139 Å². The minimum Gasteiger partial charge on any atom is -0.490 e. The number of benzene rings is 2. The molecule has 2 aromatic carbocycles. The van der Waals surface area contributed by atoms with E-state index in [-0.39, 0.29) is 22.4 Å². The van der Waals surface area contributed by atoms with Crippen molar-refractivity contribution in [2.45, 2.75) is 17.4 Å². The molecule has 1 heterocycles. The van der Waals surface area contributed by atoms with Crippen LogP contribution in [-0.2, 0) is 10.0 Å². The molecule has 24 heavy (non-hydrogen) atoms. The zero-order valence-electron chi connectivity index (χ0n) is 13.0.